The van der Waals surface area contributed by atoms with Crippen molar-refractivity contribution >= 4 is 22.6 Å². The van der Waals surface area contributed by atoms with Gasteiger partial charge in [-0.25, -0.2) is 0 Å². The van der Waals surface area contributed by atoms with E-state index in [1.807, 2.05) is 0 Å². The molecular formula is C13H23I. The predicted molar refractivity (Wildman–Crippen MR) is 73.6 cm³/mol. The SMILES string of the molecule is CCCCCCCCCCCC#CI. The topological polar surface area (TPSA) is 0 Å². The number of unbranched alkanes of at least 4 members (excludes halogenated alkanes) is 9. The standard InChI is InChI=1S/C13H23I/c1-2-3-4-5-6-7-8-9-10-11-12-13-14/h2-11H2,1H3. The summed E-state index contributed by atoms with van der Waals surface area (Å²) in [7, 11) is 0. The van der Waals surface area contributed by atoms with Crippen LogP contribution in [0.15, 0.2) is 0 Å². The molecule has 0 bridgehead atoms. The Morgan fingerprint density at radius 1 is 0.786 bits per heavy atom. The number of rotatable bonds is 9. The second kappa shape index (κ2) is 13.3. The van der Waals surface area contributed by atoms with Gasteiger partial charge in [-0.1, -0.05) is 64.2 Å². The maximum absolute atomic E-state index is 3.10. The zero-order valence-electron chi connectivity index (χ0n) is 9.45. The number of hydrogen-bond acceptors (Lipinski definition) is 0. The van der Waals surface area contributed by atoms with E-state index in [0.717, 1.165) is 6.42 Å². The summed E-state index contributed by atoms with van der Waals surface area (Å²) in [6.07, 6.45) is 13.7. The Bertz CT molecular complexity index is 152. The molecule has 0 aliphatic carbocycles. The van der Waals surface area contributed by atoms with Gasteiger partial charge in [0.15, 0.2) is 0 Å². The summed E-state index contributed by atoms with van der Waals surface area (Å²) in [5.41, 5.74) is 0. The van der Waals surface area contributed by atoms with Crippen molar-refractivity contribution in [3.05, 3.63) is 0 Å². The molecule has 14 heavy (non-hydrogen) atoms. The van der Waals surface area contributed by atoms with Crippen LogP contribution >= 0.6 is 22.6 Å². The van der Waals surface area contributed by atoms with Gasteiger partial charge in [0, 0.05) is 29.0 Å². The van der Waals surface area contributed by atoms with E-state index in [1.54, 1.807) is 0 Å². The highest BCUT2D eigenvalue weighted by Crippen LogP contribution is 2.10. The first-order chi connectivity index (χ1) is 6.91. The molecule has 0 atom stereocenters. The summed E-state index contributed by atoms with van der Waals surface area (Å²) in [6.45, 7) is 2.27. The lowest BCUT2D eigenvalue weighted by Gasteiger charge is -1.99. The van der Waals surface area contributed by atoms with Crippen LogP contribution in [-0.4, -0.2) is 0 Å². The Balaban J connectivity index is 2.87. The fourth-order valence-corrected chi connectivity index (χ4v) is 1.84. The lowest BCUT2D eigenvalue weighted by Crippen LogP contribution is -1.80. The maximum Gasteiger partial charge on any atom is 0.0181 e. The molecule has 0 spiro atoms. The van der Waals surface area contributed by atoms with E-state index < -0.39 is 0 Å². The summed E-state index contributed by atoms with van der Waals surface area (Å²) < 4.78 is 2.91. The van der Waals surface area contributed by atoms with Crippen LogP contribution in [0.4, 0.5) is 0 Å². The van der Waals surface area contributed by atoms with Crippen molar-refractivity contribution in [1.29, 1.82) is 0 Å². The van der Waals surface area contributed by atoms with Gasteiger partial charge in [0.05, 0.1) is 0 Å². The van der Waals surface area contributed by atoms with E-state index in [9.17, 15) is 0 Å². The second-order valence-corrected chi connectivity index (χ2v) is 4.39. The molecule has 0 rings (SSSR count). The van der Waals surface area contributed by atoms with Crippen LogP contribution in [0.3, 0.4) is 0 Å². The molecule has 0 radical (unpaired) electrons. The van der Waals surface area contributed by atoms with Crippen LogP contribution in [0.5, 0.6) is 0 Å². The average molecular weight is 306 g/mol. The van der Waals surface area contributed by atoms with E-state index in [0.29, 0.717) is 0 Å². The van der Waals surface area contributed by atoms with Gasteiger partial charge in [0.2, 0.25) is 0 Å². The third-order valence-corrected chi connectivity index (χ3v) is 2.85. The molecule has 0 amide bonds. The van der Waals surface area contributed by atoms with Crippen molar-refractivity contribution in [1.82, 2.24) is 0 Å². The Kier molecular flexibility index (Phi) is 13.6. The molecule has 0 fully saturated rings. The van der Waals surface area contributed by atoms with Gasteiger partial charge in [-0.15, -0.1) is 0 Å². The Morgan fingerprint density at radius 2 is 1.29 bits per heavy atom. The fourth-order valence-electron chi connectivity index (χ4n) is 1.57. The van der Waals surface area contributed by atoms with Crippen molar-refractivity contribution in [2.45, 2.75) is 71.1 Å². The van der Waals surface area contributed by atoms with Gasteiger partial charge in [-0.3, -0.25) is 0 Å². The van der Waals surface area contributed by atoms with E-state index in [2.05, 4.69) is 39.4 Å². The largest absolute Gasteiger partial charge is 0.0919 e. The summed E-state index contributed by atoms with van der Waals surface area (Å²) >= 11 is 2.11. The first kappa shape index (κ1) is 14.3. The van der Waals surface area contributed by atoms with Gasteiger partial charge >= 0.3 is 0 Å². The van der Waals surface area contributed by atoms with Crippen molar-refractivity contribution in [2.24, 2.45) is 0 Å². The van der Waals surface area contributed by atoms with E-state index >= 15 is 0 Å². The zero-order valence-corrected chi connectivity index (χ0v) is 11.6. The van der Waals surface area contributed by atoms with Crippen molar-refractivity contribution in [3.8, 4) is 9.85 Å². The molecule has 1 heteroatoms. The smallest absolute Gasteiger partial charge is 0.0181 e. The van der Waals surface area contributed by atoms with Gasteiger partial charge in [-0.2, -0.15) is 0 Å². The van der Waals surface area contributed by atoms with Gasteiger partial charge in [0.25, 0.3) is 0 Å². The molecule has 0 heterocycles. The predicted octanol–water partition coefficient (Wildman–Crippen LogP) is 5.30. The lowest BCUT2D eigenvalue weighted by atomic mass is 10.1. The number of hydrogen-bond donors (Lipinski definition) is 0. The van der Waals surface area contributed by atoms with Crippen LogP contribution in [0.2, 0.25) is 0 Å². The third kappa shape index (κ3) is 12.3. The van der Waals surface area contributed by atoms with E-state index in [1.165, 1.54) is 57.8 Å². The highest BCUT2D eigenvalue weighted by molar-refractivity contribution is 14.1. The Hall–Kier alpha value is 0.290. The molecular weight excluding hydrogens is 283 g/mol. The van der Waals surface area contributed by atoms with E-state index in [4.69, 9.17) is 0 Å². The summed E-state index contributed by atoms with van der Waals surface area (Å²) in [4.78, 5) is 0. The minimum absolute atomic E-state index is 1.10. The van der Waals surface area contributed by atoms with Crippen molar-refractivity contribution < 1.29 is 0 Å². The van der Waals surface area contributed by atoms with Crippen LogP contribution in [0, 0.1) is 9.85 Å². The van der Waals surface area contributed by atoms with Gasteiger partial charge in [0.1, 0.15) is 0 Å². The van der Waals surface area contributed by atoms with Crippen LogP contribution in [0.1, 0.15) is 71.1 Å². The summed E-state index contributed by atoms with van der Waals surface area (Å²) in [5, 5.41) is 0. The van der Waals surface area contributed by atoms with Crippen LogP contribution in [0.25, 0.3) is 0 Å². The van der Waals surface area contributed by atoms with Gasteiger partial charge in [-0.05, 0) is 10.3 Å². The quantitative estimate of drug-likeness (QED) is 0.308. The highest BCUT2D eigenvalue weighted by atomic mass is 127. The molecule has 0 aromatic heterocycles. The lowest BCUT2D eigenvalue weighted by molar-refractivity contribution is 0.567. The molecule has 0 aliphatic heterocycles. The molecule has 0 saturated carbocycles. The second-order valence-electron chi connectivity index (χ2n) is 3.85. The van der Waals surface area contributed by atoms with E-state index in [-0.39, 0.29) is 0 Å². The van der Waals surface area contributed by atoms with Crippen LogP contribution < -0.4 is 0 Å². The normalized spacial score (nSPS) is 9.57. The zero-order chi connectivity index (χ0) is 10.5. The summed E-state index contributed by atoms with van der Waals surface area (Å²) in [5.74, 6) is 3.10. The Morgan fingerprint density at radius 3 is 1.79 bits per heavy atom. The maximum atomic E-state index is 3.10. The molecule has 0 aliphatic rings. The van der Waals surface area contributed by atoms with Crippen molar-refractivity contribution in [2.75, 3.05) is 0 Å². The molecule has 0 nitrogen and oxygen atoms in total. The minimum Gasteiger partial charge on any atom is -0.0919 e. The first-order valence-corrected chi connectivity index (χ1v) is 7.08. The summed E-state index contributed by atoms with van der Waals surface area (Å²) in [6, 6.07) is 0. The third-order valence-electron chi connectivity index (χ3n) is 2.47. The monoisotopic (exact) mass is 306 g/mol. The molecule has 0 saturated heterocycles. The molecule has 82 valence electrons. The number of halogens is 1. The fraction of sp³-hybridized carbons (Fsp3) is 0.846. The first-order valence-electron chi connectivity index (χ1n) is 6.00. The molecule has 0 aromatic rings. The molecule has 0 N–H and O–H groups in total. The minimum atomic E-state index is 1.10. The highest BCUT2D eigenvalue weighted by Gasteiger charge is 1.90. The van der Waals surface area contributed by atoms with Gasteiger partial charge < -0.3 is 0 Å². The van der Waals surface area contributed by atoms with Crippen molar-refractivity contribution in [3.63, 3.8) is 0 Å². The van der Waals surface area contributed by atoms with Crippen LogP contribution in [-0.2, 0) is 0 Å². The average Bonchev–Trinajstić information content (AvgIpc) is 2.21. The Labute approximate surface area is 103 Å². The molecule has 0 unspecified atom stereocenters. The molecule has 0 aromatic carbocycles.